The predicted molar refractivity (Wildman–Crippen MR) is 85.9 cm³/mol. The van der Waals surface area contributed by atoms with Gasteiger partial charge in [-0.15, -0.1) is 0 Å². The van der Waals surface area contributed by atoms with Crippen LogP contribution in [0.25, 0.3) is 0 Å². The van der Waals surface area contributed by atoms with Crippen molar-refractivity contribution in [1.29, 1.82) is 0 Å². The second-order valence-corrected chi connectivity index (χ2v) is 8.33. The average molecular weight is 401 g/mol. The van der Waals surface area contributed by atoms with E-state index in [9.17, 15) is 22.2 Å². The second-order valence-electron chi connectivity index (χ2n) is 5.60. The van der Waals surface area contributed by atoms with Crippen LogP contribution in [-0.4, -0.2) is 58.3 Å². The third-order valence-corrected chi connectivity index (χ3v) is 4.89. The summed E-state index contributed by atoms with van der Waals surface area (Å²) in [6.07, 6.45) is -4.21. The molecule has 0 saturated carbocycles. The van der Waals surface area contributed by atoms with Crippen LogP contribution in [-0.2, 0) is 25.0 Å². The first-order valence-corrected chi connectivity index (χ1v) is 9.64. The quantitative estimate of drug-likeness (QED) is 0.722. The maximum atomic E-state index is 12.3. The van der Waals surface area contributed by atoms with Gasteiger partial charge < -0.3 is 9.64 Å². The second kappa shape index (κ2) is 7.42. The van der Waals surface area contributed by atoms with Gasteiger partial charge in [-0.3, -0.25) is 4.79 Å². The van der Waals surface area contributed by atoms with E-state index in [-0.39, 0.29) is 17.0 Å². The van der Waals surface area contributed by atoms with Crippen molar-refractivity contribution in [1.82, 2.24) is 9.97 Å². The fraction of sp³-hybridized carbons (Fsp3) is 0.615. The van der Waals surface area contributed by atoms with Gasteiger partial charge in [0.05, 0.1) is 40.4 Å². The third kappa shape index (κ3) is 5.51. The van der Waals surface area contributed by atoms with Crippen molar-refractivity contribution < 1.29 is 26.9 Å². The van der Waals surface area contributed by atoms with Crippen LogP contribution in [0.15, 0.2) is 10.4 Å². The topological polar surface area (TPSA) is 84.8 Å². The molecule has 140 valence electrons. The number of carbonyl (C=O) groups excluding carboxylic acids is 1. The molecular formula is C13H16ClF3N4O3S. The monoisotopic (exact) mass is 400 g/mol. The molecule has 0 aromatic carbocycles. The Kier molecular flexibility index (Phi) is 5.89. The molecule has 25 heavy (non-hydrogen) atoms. The van der Waals surface area contributed by atoms with E-state index < -0.39 is 27.6 Å². The average Bonchev–Trinajstić information content (AvgIpc) is 2.44. The van der Waals surface area contributed by atoms with Crippen LogP contribution in [0.4, 0.5) is 19.0 Å². The molecule has 12 heteroatoms. The van der Waals surface area contributed by atoms with Gasteiger partial charge in [0.25, 0.3) is 0 Å². The zero-order valence-corrected chi connectivity index (χ0v) is 15.0. The highest BCUT2D eigenvalue weighted by atomic mass is 35.5. The standard InChI is InChI=1S/C13H16ClF3N4O3S/c1-8-6-24-4-3-21(8)10-5-9(18-12(14)19-10)7-25(2,23)20-11(22)13(15,16)17/h5,8H,3-4,6-7H2,1-2H3/t8-,25?/m1/s1. The lowest BCUT2D eigenvalue weighted by Crippen LogP contribution is -2.44. The lowest BCUT2D eigenvalue weighted by atomic mass is 10.2. The maximum Gasteiger partial charge on any atom is 0.474 e. The van der Waals surface area contributed by atoms with Crippen molar-refractivity contribution in [2.75, 3.05) is 30.9 Å². The lowest BCUT2D eigenvalue weighted by molar-refractivity contribution is -0.169. The molecule has 1 aromatic rings. The number of carbonyl (C=O) groups is 1. The summed E-state index contributed by atoms with van der Waals surface area (Å²) in [5.74, 6) is -2.40. The SMILES string of the molecule is C[C@@H]1COCCN1c1cc(CS(C)(=O)=NC(=O)C(F)(F)F)nc(Cl)n1. The molecule has 2 atom stereocenters. The van der Waals surface area contributed by atoms with Gasteiger partial charge in [-0.05, 0) is 18.5 Å². The molecule has 7 nitrogen and oxygen atoms in total. The molecule has 0 N–H and O–H groups in total. The minimum absolute atomic E-state index is 0.00930. The van der Waals surface area contributed by atoms with Crippen LogP contribution in [0.3, 0.4) is 0 Å². The maximum absolute atomic E-state index is 12.3. The van der Waals surface area contributed by atoms with E-state index in [1.54, 1.807) is 0 Å². The zero-order chi connectivity index (χ0) is 18.8. The van der Waals surface area contributed by atoms with Gasteiger partial charge >= 0.3 is 12.1 Å². The van der Waals surface area contributed by atoms with Crippen LogP contribution >= 0.6 is 11.6 Å². The first-order chi connectivity index (χ1) is 11.5. The summed E-state index contributed by atoms with van der Waals surface area (Å²) in [5, 5.41) is -0.136. The number of halogens is 4. The normalized spacial score (nSPS) is 20.9. The highest BCUT2D eigenvalue weighted by Crippen LogP contribution is 2.22. The number of hydrogen-bond acceptors (Lipinski definition) is 6. The number of aromatic nitrogens is 2. The summed E-state index contributed by atoms with van der Waals surface area (Å²) in [7, 11) is -3.48. The van der Waals surface area contributed by atoms with Crippen LogP contribution in [0.1, 0.15) is 12.6 Å². The third-order valence-electron chi connectivity index (χ3n) is 3.33. The summed E-state index contributed by atoms with van der Waals surface area (Å²) in [6, 6.07) is 1.49. The number of alkyl halides is 3. The molecule has 0 aliphatic carbocycles. The summed E-state index contributed by atoms with van der Waals surface area (Å²) >= 11 is 5.87. The molecule has 2 rings (SSSR count). The summed E-state index contributed by atoms with van der Waals surface area (Å²) in [6.45, 7) is 3.43. The Morgan fingerprint density at radius 2 is 2.20 bits per heavy atom. The van der Waals surface area contributed by atoms with Gasteiger partial charge in [-0.1, -0.05) is 0 Å². The van der Waals surface area contributed by atoms with E-state index in [1.165, 1.54) is 6.07 Å². The first-order valence-electron chi connectivity index (χ1n) is 7.17. The number of ether oxygens (including phenoxy) is 1. The van der Waals surface area contributed by atoms with Crippen LogP contribution in [0, 0.1) is 0 Å². The smallest absolute Gasteiger partial charge is 0.377 e. The number of morpholine rings is 1. The van der Waals surface area contributed by atoms with Gasteiger partial charge in [0.2, 0.25) is 5.28 Å². The van der Waals surface area contributed by atoms with E-state index in [0.29, 0.717) is 25.6 Å². The number of nitrogens with zero attached hydrogens (tertiary/aromatic N) is 4. The predicted octanol–water partition coefficient (Wildman–Crippen LogP) is 2.04. The highest BCUT2D eigenvalue weighted by Gasteiger charge is 2.39. The molecule has 0 spiro atoms. The molecule has 1 unspecified atom stereocenters. The number of rotatable bonds is 3. The van der Waals surface area contributed by atoms with Crippen molar-refractivity contribution in [3.63, 3.8) is 0 Å². The van der Waals surface area contributed by atoms with Crippen molar-refractivity contribution in [3.05, 3.63) is 17.0 Å². The highest BCUT2D eigenvalue weighted by molar-refractivity contribution is 7.92. The van der Waals surface area contributed by atoms with Gasteiger partial charge in [0.15, 0.2) is 0 Å². The molecule has 1 aliphatic rings. The van der Waals surface area contributed by atoms with E-state index in [0.717, 1.165) is 6.26 Å². The van der Waals surface area contributed by atoms with E-state index in [2.05, 4.69) is 14.3 Å². The van der Waals surface area contributed by atoms with Gasteiger partial charge in [0, 0.05) is 18.9 Å². The Hall–Kier alpha value is -1.46. The molecule has 1 aliphatic heterocycles. The molecule has 1 fully saturated rings. The van der Waals surface area contributed by atoms with Crippen molar-refractivity contribution in [3.8, 4) is 0 Å². The lowest BCUT2D eigenvalue weighted by Gasteiger charge is -2.34. The Labute approximate surface area is 147 Å². The van der Waals surface area contributed by atoms with Gasteiger partial charge in [0.1, 0.15) is 5.82 Å². The number of anilines is 1. The Morgan fingerprint density at radius 3 is 2.80 bits per heavy atom. The van der Waals surface area contributed by atoms with Crippen LogP contribution < -0.4 is 4.90 Å². The first kappa shape index (κ1) is 19.9. The Bertz CT molecular complexity index is 780. The number of amides is 1. The Morgan fingerprint density at radius 1 is 1.52 bits per heavy atom. The largest absolute Gasteiger partial charge is 0.474 e. The molecule has 2 heterocycles. The molecular weight excluding hydrogens is 385 g/mol. The minimum atomic E-state index is -5.17. The summed E-state index contributed by atoms with van der Waals surface area (Å²) < 4.78 is 57.3. The van der Waals surface area contributed by atoms with E-state index >= 15 is 0 Å². The molecule has 1 amide bonds. The van der Waals surface area contributed by atoms with Crippen LogP contribution in [0.5, 0.6) is 0 Å². The van der Waals surface area contributed by atoms with Crippen molar-refractivity contribution >= 4 is 33.1 Å². The van der Waals surface area contributed by atoms with Crippen LogP contribution in [0.2, 0.25) is 5.28 Å². The van der Waals surface area contributed by atoms with E-state index in [4.69, 9.17) is 16.3 Å². The van der Waals surface area contributed by atoms with E-state index in [1.807, 2.05) is 11.8 Å². The zero-order valence-electron chi connectivity index (χ0n) is 13.4. The fourth-order valence-electron chi connectivity index (χ4n) is 2.27. The minimum Gasteiger partial charge on any atom is -0.377 e. The fourth-order valence-corrected chi connectivity index (χ4v) is 3.68. The van der Waals surface area contributed by atoms with Crippen molar-refractivity contribution in [2.45, 2.75) is 24.9 Å². The summed E-state index contributed by atoms with van der Waals surface area (Å²) in [4.78, 5) is 20.8. The van der Waals surface area contributed by atoms with Crippen molar-refractivity contribution in [2.24, 2.45) is 4.36 Å². The molecule has 1 aromatic heterocycles. The molecule has 0 bridgehead atoms. The molecule has 0 radical (unpaired) electrons. The summed E-state index contributed by atoms with van der Waals surface area (Å²) in [5.41, 5.74) is 0.139. The van der Waals surface area contributed by atoms with Gasteiger partial charge in [-0.25, -0.2) is 14.2 Å². The Balaban J connectivity index is 2.29. The molecule has 1 saturated heterocycles. The van der Waals surface area contributed by atoms with Gasteiger partial charge in [-0.2, -0.15) is 17.5 Å². The number of hydrogen-bond donors (Lipinski definition) is 0.